The number of carbonyl (C=O) groups is 1. The third-order valence-electron chi connectivity index (χ3n) is 5.65. The molecule has 0 spiro atoms. The van der Waals surface area contributed by atoms with Crippen LogP contribution in [0.25, 0.3) is 5.69 Å². The Bertz CT molecular complexity index is 1060. The molecule has 2 aromatic carbocycles. The molecule has 7 heteroatoms. The monoisotopic (exact) mass is 438 g/mol. The fraction of sp³-hybridized carbons (Fsp3) is 0.333. The van der Waals surface area contributed by atoms with Crippen molar-refractivity contribution in [1.29, 1.82) is 0 Å². The molecule has 0 atom stereocenters. The van der Waals surface area contributed by atoms with Crippen molar-refractivity contribution in [2.75, 3.05) is 20.2 Å². The van der Waals surface area contributed by atoms with Crippen LogP contribution < -0.4 is 10.1 Å². The predicted octanol–water partition coefficient (Wildman–Crippen LogP) is 4.24. The fourth-order valence-electron chi connectivity index (χ4n) is 3.98. The van der Waals surface area contributed by atoms with E-state index >= 15 is 0 Å². The van der Waals surface area contributed by atoms with Crippen molar-refractivity contribution in [3.8, 4) is 11.4 Å². The van der Waals surface area contributed by atoms with Gasteiger partial charge in [0.15, 0.2) is 0 Å². The van der Waals surface area contributed by atoms with E-state index in [1.807, 2.05) is 48.0 Å². The molecule has 1 fully saturated rings. The minimum atomic E-state index is -0.0695. The van der Waals surface area contributed by atoms with Gasteiger partial charge in [0.1, 0.15) is 5.75 Å². The molecule has 2 heterocycles. The van der Waals surface area contributed by atoms with Crippen LogP contribution in [0, 0.1) is 6.92 Å². The molecule has 1 aliphatic heterocycles. The Morgan fingerprint density at radius 2 is 2.03 bits per heavy atom. The van der Waals surface area contributed by atoms with Crippen molar-refractivity contribution in [3.05, 3.63) is 76.8 Å². The molecule has 0 saturated carbocycles. The summed E-state index contributed by atoms with van der Waals surface area (Å²) in [6.45, 7) is 4.71. The molecule has 0 aliphatic carbocycles. The van der Waals surface area contributed by atoms with Crippen LogP contribution in [0.5, 0.6) is 5.75 Å². The predicted molar refractivity (Wildman–Crippen MR) is 122 cm³/mol. The first kappa shape index (κ1) is 21.4. The number of likely N-dealkylation sites (tertiary alicyclic amines) is 1. The number of piperidine rings is 1. The highest BCUT2D eigenvalue weighted by atomic mass is 35.5. The third-order valence-corrected chi connectivity index (χ3v) is 5.88. The van der Waals surface area contributed by atoms with E-state index in [2.05, 4.69) is 21.3 Å². The highest BCUT2D eigenvalue weighted by molar-refractivity contribution is 6.30. The average molecular weight is 439 g/mol. The minimum Gasteiger partial charge on any atom is -0.495 e. The molecule has 6 nitrogen and oxygen atoms in total. The number of aryl methyl sites for hydroxylation is 1. The van der Waals surface area contributed by atoms with E-state index in [1.54, 1.807) is 19.5 Å². The lowest BCUT2D eigenvalue weighted by atomic mass is 10.0. The van der Waals surface area contributed by atoms with Crippen molar-refractivity contribution in [3.63, 3.8) is 0 Å². The fourth-order valence-corrected chi connectivity index (χ4v) is 4.20. The molecular formula is C24H27ClN4O2. The molecule has 1 saturated heterocycles. The van der Waals surface area contributed by atoms with Crippen LogP contribution >= 0.6 is 11.6 Å². The Morgan fingerprint density at radius 1 is 1.23 bits per heavy atom. The van der Waals surface area contributed by atoms with Crippen LogP contribution in [-0.4, -0.2) is 46.6 Å². The Labute approximate surface area is 187 Å². The Morgan fingerprint density at radius 3 is 2.71 bits per heavy atom. The van der Waals surface area contributed by atoms with Gasteiger partial charge >= 0.3 is 0 Å². The van der Waals surface area contributed by atoms with Gasteiger partial charge in [-0.3, -0.25) is 9.69 Å². The maximum absolute atomic E-state index is 12.8. The Kier molecular flexibility index (Phi) is 6.59. The summed E-state index contributed by atoms with van der Waals surface area (Å²) in [6.07, 6.45) is 5.52. The first-order chi connectivity index (χ1) is 15.0. The number of carbonyl (C=O) groups excluding carboxylic acids is 1. The Hall–Kier alpha value is -2.83. The van der Waals surface area contributed by atoms with Crippen molar-refractivity contribution in [2.45, 2.75) is 32.4 Å². The summed E-state index contributed by atoms with van der Waals surface area (Å²) in [5, 5.41) is 3.95. The van der Waals surface area contributed by atoms with Gasteiger partial charge in [-0.25, -0.2) is 4.98 Å². The number of aromatic nitrogens is 2. The molecule has 3 aromatic rings. The number of benzene rings is 2. The molecule has 0 unspecified atom stereocenters. The van der Waals surface area contributed by atoms with Crippen LogP contribution in [0.2, 0.25) is 5.02 Å². The van der Waals surface area contributed by atoms with E-state index in [0.29, 0.717) is 11.3 Å². The molecule has 162 valence electrons. The van der Waals surface area contributed by atoms with Gasteiger partial charge in [0, 0.05) is 42.5 Å². The quantitative estimate of drug-likeness (QED) is 0.625. The van der Waals surface area contributed by atoms with Crippen molar-refractivity contribution >= 4 is 17.5 Å². The Balaban J connectivity index is 1.34. The van der Waals surface area contributed by atoms with Crippen molar-refractivity contribution in [2.24, 2.45) is 0 Å². The third kappa shape index (κ3) is 5.27. The topological polar surface area (TPSA) is 59.4 Å². The van der Waals surface area contributed by atoms with Gasteiger partial charge in [-0.2, -0.15) is 0 Å². The standard InChI is InChI=1S/C24H27ClN4O2/c1-17-14-29(16-26-17)22-7-6-19(13-23(22)31-2)24(30)27-21-8-10-28(11-9-21)15-18-4-3-5-20(25)12-18/h3-7,12-14,16,21H,8-11,15H2,1-2H3,(H,27,30). The lowest BCUT2D eigenvalue weighted by Gasteiger charge is -2.32. The molecule has 1 N–H and O–H groups in total. The van der Waals surface area contributed by atoms with E-state index in [9.17, 15) is 4.79 Å². The highest BCUT2D eigenvalue weighted by Gasteiger charge is 2.22. The normalized spacial score (nSPS) is 15.1. The number of nitrogens with zero attached hydrogens (tertiary/aromatic N) is 3. The molecule has 1 amide bonds. The minimum absolute atomic E-state index is 0.0695. The molecule has 0 radical (unpaired) electrons. The maximum Gasteiger partial charge on any atom is 0.251 e. The van der Waals surface area contributed by atoms with Crippen molar-refractivity contribution in [1.82, 2.24) is 19.8 Å². The number of halogens is 1. The lowest BCUT2D eigenvalue weighted by Crippen LogP contribution is -2.44. The van der Waals surface area contributed by atoms with E-state index in [1.165, 1.54) is 5.56 Å². The van der Waals surface area contributed by atoms with Crippen LogP contribution in [-0.2, 0) is 6.54 Å². The second-order valence-electron chi connectivity index (χ2n) is 7.96. The van der Waals surface area contributed by atoms with E-state index in [4.69, 9.17) is 16.3 Å². The molecule has 1 aromatic heterocycles. The molecular weight excluding hydrogens is 412 g/mol. The number of hydrogen-bond donors (Lipinski definition) is 1. The second kappa shape index (κ2) is 9.54. The zero-order valence-corrected chi connectivity index (χ0v) is 18.6. The smallest absolute Gasteiger partial charge is 0.251 e. The van der Waals surface area contributed by atoms with Gasteiger partial charge < -0.3 is 14.6 Å². The largest absolute Gasteiger partial charge is 0.495 e. The molecule has 1 aliphatic rings. The zero-order chi connectivity index (χ0) is 21.8. The summed E-state index contributed by atoms with van der Waals surface area (Å²) >= 11 is 6.09. The maximum atomic E-state index is 12.8. The van der Waals surface area contributed by atoms with E-state index in [0.717, 1.165) is 48.9 Å². The number of amides is 1. The number of ether oxygens (including phenoxy) is 1. The van der Waals surface area contributed by atoms with Crippen LogP contribution in [0.3, 0.4) is 0 Å². The molecule has 31 heavy (non-hydrogen) atoms. The summed E-state index contributed by atoms with van der Waals surface area (Å²) < 4.78 is 7.42. The van der Waals surface area contributed by atoms with E-state index in [-0.39, 0.29) is 11.9 Å². The lowest BCUT2D eigenvalue weighted by molar-refractivity contribution is 0.0908. The van der Waals surface area contributed by atoms with Gasteiger partial charge in [-0.1, -0.05) is 23.7 Å². The summed E-state index contributed by atoms with van der Waals surface area (Å²) in [6, 6.07) is 13.7. The zero-order valence-electron chi connectivity index (χ0n) is 17.8. The number of imidazole rings is 1. The first-order valence-electron chi connectivity index (χ1n) is 10.5. The SMILES string of the molecule is COc1cc(C(=O)NC2CCN(Cc3cccc(Cl)c3)CC2)ccc1-n1cnc(C)c1. The number of nitrogens with one attached hydrogen (secondary N) is 1. The summed E-state index contributed by atoms with van der Waals surface area (Å²) in [4.78, 5) is 19.5. The van der Waals surface area contributed by atoms with Crippen molar-refractivity contribution < 1.29 is 9.53 Å². The van der Waals surface area contributed by atoms with Crippen LogP contribution in [0.15, 0.2) is 55.0 Å². The highest BCUT2D eigenvalue weighted by Crippen LogP contribution is 2.25. The van der Waals surface area contributed by atoms with Gasteiger partial charge in [0.25, 0.3) is 5.91 Å². The number of hydrogen-bond acceptors (Lipinski definition) is 4. The van der Waals surface area contributed by atoms with Crippen LogP contribution in [0.1, 0.15) is 34.5 Å². The summed E-state index contributed by atoms with van der Waals surface area (Å²) in [7, 11) is 1.61. The number of rotatable bonds is 6. The van der Waals surface area contributed by atoms with Gasteiger partial charge in [-0.05, 0) is 55.7 Å². The van der Waals surface area contributed by atoms with E-state index < -0.39 is 0 Å². The first-order valence-corrected chi connectivity index (χ1v) is 10.9. The molecule has 4 rings (SSSR count). The summed E-state index contributed by atoms with van der Waals surface area (Å²) in [5.74, 6) is 0.571. The van der Waals surface area contributed by atoms with Gasteiger partial charge in [0.2, 0.25) is 0 Å². The molecule has 0 bridgehead atoms. The average Bonchev–Trinajstić information content (AvgIpc) is 3.20. The summed E-state index contributed by atoms with van der Waals surface area (Å²) in [5.41, 5.74) is 3.59. The van der Waals surface area contributed by atoms with Gasteiger partial charge in [-0.15, -0.1) is 0 Å². The van der Waals surface area contributed by atoms with Crippen LogP contribution in [0.4, 0.5) is 0 Å². The second-order valence-corrected chi connectivity index (χ2v) is 8.40. The van der Waals surface area contributed by atoms with Gasteiger partial charge in [0.05, 0.1) is 24.8 Å². The number of methoxy groups -OCH3 is 1.